The molecule has 0 bridgehead atoms. The van der Waals surface area contributed by atoms with Crippen molar-refractivity contribution in [2.75, 3.05) is 6.54 Å². The van der Waals surface area contributed by atoms with Gasteiger partial charge in [-0.3, -0.25) is 24.2 Å². The second-order valence-electron chi connectivity index (χ2n) is 8.45. The fraction of sp³-hybridized carbons (Fsp3) is 0.571. The lowest BCUT2D eigenvalue weighted by atomic mass is 10.1. The van der Waals surface area contributed by atoms with Crippen molar-refractivity contribution in [2.45, 2.75) is 69.3 Å². The van der Waals surface area contributed by atoms with E-state index < -0.39 is 66.4 Å². The normalized spacial score (nSPS) is 14.7. The van der Waals surface area contributed by atoms with Crippen molar-refractivity contribution in [3.63, 3.8) is 0 Å². The van der Waals surface area contributed by atoms with Crippen molar-refractivity contribution in [3.8, 4) is 0 Å². The van der Waals surface area contributed by atoms with Crippen LogP contribution in [-0.2, 0) is 30.4 Å². The lowest BCUT2D eigenvalue weighted by Gasteiger charge is -2.25. The molecular weight excluding hydrogens is 506 g/mol. The van der Waals surface area contributed by atoms with Crippen molar-refractivity contribution in [1.29, 1.82) is 0 Å². The zero-order chi connectivity index (χ0) is 28.8. The minimum Gasteiger partial charge on any atom is -0.481 e. The number of aliphatic imine (C=N–C) groups is 1. The number of hydrogen-bond acceptors (Lipinski definition) is 9. The van der Waals surface area contributed by atoms with Crippen LogP contribution in [0.5, 0.6) is 0 Å². The van der Waals surface area contributed by atoms with Crippen LogP contribution in [0, 0.1) is 0 Å². The molecule has 0 aliphatic carbocycles. The van der Waals surface area contributed by atoms with Crippen LogP contribution in [0.4, 0.5) is 0 Å². The first-order chi connectivity index (χ1) is 17.8. The zero-order valence-electron chi connectivity index (χ0n) is 20.8. The van der Waals surface area contributed by atoms with Gasteiger partial charge in [0.05, 0.1) is 12.4 Å². The van der Waals surface area contributed by atoms with E-state index in [2.05, 4.69) is 30.9 Å². The lowest BCUT2D eigenvalue weighted by Crippen LogP contribution is -2.58. The molecule has 0 saturated carbocycles. The molecule has 0 aliphatic rings. The summed E-state index contributed by atoms with van der Waals surface area (Å²) in [5.74, 6) is -5.41. The number of aromatic nitrogens is 2. The number of carbonyl (C=O) groups excluding carboxylic acids is 3. The van der Waals surface area contributed by atoms with Gasteiger partial charge in [0.15, 0.2) is 5.96 Å². The van der Waals surface area contributed by atoms with E-state index in [4.69, 9.17) is 22.3 Å². The first-order valence-corrected chi connectivity index (χ1v) is 11.6. The molecule has 0 spiro atoms. The smallest absolute Gasteiger partial charge is 0.326 e. The van der Waals surface area contributed by atoms with Gasteiger partial charge in [-0.05, 0) is 26.2 Å². The van der Waals surface area contributed by atoms with Crippen LogP contribution in [0.2, 0.25) is 0 Å². The number of carboxylic acid groups (broad SMARTS) is 2. The predicted octanol–water partition coefficient (Wildman–Crippen LogP) is -3.88. The van der Waals surface area contributed by atoms with Crippen LogP contribution in [0.15, 0.2) is 17.5 Å². The van der Waals surface area contributed by atoms with Crippen LogP contribution < -0.4 is 33.2 Å². The van der Waals surface area contributed by atoms with Gasteiger partial charge in [0.1, 0.15) is 24.2 Å². The molecule has 0 aliphatic heterocycles. The number of rotatable bonds is 17. The highest BCUT2D eigenvalue weighted by Gasteiger charge is 2.31. The number of aliphatic carboxylic acids is 2. The van der Waals surface area contributed by atoms with Crippen molar-refractivity contribution in [2.24, 2.45) is 22.2 Å². The van der Waals surface area contributed by atoms with E-state index in [0.717, 1.165) is 0 Å². The summed E-state index contributed by atoms with van der Waals surface area (Å²) in [7, 11) is 0. The molecule has 0 fully saturated rings. The van der Waals surface area contributed by atoms with E-state index in [9.17, 15) is 34.2 Å². The molecule has 5 unspecified atom stereocenters. The van der Waals surface area contributed by atoms with E-state index in [1.165, 1.54) is 19.4 Å². The summed E-state index contributed by atoms with van der Waals surface area (Å²) in [6.07, 6.45) is 0.751. The van der Waals surface area contributed by atoms with Gasteiger partial charge in [-0.25, -0.2) is 9.78 Å². The fourth-order valence-corrected chi connectivity index (χ4v) is 3.15. The van der Waals surface area contributed by atoms with Gasteiger partial charge < -0.3 is 53.5 Å². The molecule has 38 heavy (non-hydrogen) atoms. The first kappa shape index (κ1) is 31.8. The molecule has 17 heteroatoms. The number of amides is 3. The molecule has 5 atom stereocenters. The molecule has 212 valence electrons. The van der Waals surface area contributed by atoms with Crippen LogP contribution in [0.1, 0.15) is 38.3 Å². The third-order valence-corrected chi connectivity index (χ3v) is 5.27. The maximum Gasteiger partial charge on any atom is 0.326 e. The topological polar surface area (TPSA) is 301 Å². The highest BCUT2D eigenvalue weighted by Crippen LogP contribution is 2.06. The lowest BCUT2D eigenvalue weighted by molar-refractivity contribution is -0.143. The second-order valence-corrected chi connectivity index (χ2v) is 8.45. The summed E-state index contributed by atoms with van der Waals surface area (Å²) in [4.78, 5) is 71.4. The number of carboxylic acids is 2. The maximum absolute atomic E-state index is 13.2. The number of nitrogens with two attached hydrogens (primary N) is 3. The Bertz CT molecular complexity index is 979. The Balaban J connectivity index is 3.10. The predicted molar refractivity (Wildman–Crippen MR) is 132 cm³/mol. The Hall–Kier alpha value is -4.25. The SMILES string of the molecule is CC(O)C(N)C(=O)NC(CCCN=C(N)N)C(=O)NC(Cc1cnc[nH]1)C(=O)NC(CCC(=O)O)C(=O)O. The average Bonchev–Trinajstić information content (AvgIpc) is 3.34. The number of aromatic amines is 1. The molecule has 0 aromatic carbocycles. The van der Waals surface area contributed by atoms with Crippen LogP contribution >= 0.6 is 0 Å². The standard InChI is InChI=1S/C21H35N9O8/c1-10(31)16(22)19(36)28-12(3-2-6-26-21(23)24)17(34)30-14(7-11-8-25-9-27-11)18(35)29-13(20(37)38)4-5-15(32)33/h8-10,12-14,16,31H,2-7,22H2,1H3,(H,25,27)(H,28,36)(H,29,35)(H,30,34)(H,32,33)(H,37,38)(H4,23,24,26). The highest BCUT2D eigenvalue weighted by atomic mass is 16.4. The Morgan fingerprint density at radius 2 is 1.61 bits per heavy atom. The third kappa shape index (κ3) is 11.7. The first-order valence-electron chi connectivity index (χ1n) is 11.6. The third-order valence-electron chi connectivity index (χ3n) is 5.27. The number of H-pyrrole nitrogens is 1. The monoisotopic (exact) mass is 541 g/mol. The number of nitrogens with one attached hydrogen (secondary N) is 4. The number of nitrogens with zero attached hydrogens (tertiary/aromatic N) is 2. The van der Waals surface area contributed by atoms with E-state index >= 15 is 0 Å². The number of aliphatic hydroxyl groups excluding tert-OH is 1. The number of guanidine groups is 1. The molecular formula is C21H35N9O8. The summed E-state index contributed by atoms with van der Waals surface area (Å²) in [5, 5.41) is 35.0. The molecule has 13 N–H and O–H groups in total. The van der Waals surface area contributed by atoms with E-state index in [-0.39, 0.29) is 38.2 Å². The molecule has 17 nitrogen and oxygen atoms in total. The Labute approximate surface area is 217 Å². The summed E-state index contributed by atoms with van der Waals surface area (Å²) in [6.45, 7) is 1.43. The number of aliphatic hydroxyl groups is 1. The minimum atomic E-state index is -1.53. The van der Waals surface area contributed by atoms with Crippen molar-refractivity contribution in [3.05, 3.63) is 18.2 Å². The van der Waals surface area contributed by atoms with Gasteiger partial charge in [0.2, 0.25) is 17.7 Å². The number of hydrogen-bond donors (Lipinski definition) is 10. The Kier molecular flexibility index (Phi) is 13.2. The van der Waals surface area contributed by atoms with Gasteiger partial charge in [-0.1, -0.05) is 0 Å². The van der Waals surface area contributed by atoms with E-state index in [0.29, 0.717) is 5.69 Å². The van der Waals surface area contributed by atoms with Crippen molar-refractivity contribution in [1.82, 2.24) is 25.9 Å². The molecule has 0 saturated heterocycles. The molecule has 0 radical (unpaired) electrons. The highest BCUT2D eigenvalue weighted by molar-refractivity contribution is 5.94. The van der Waals surface area contributed by atoms with Crippen LogP contribution in [0.25, 0.3) is 0 Å². The summed E-state index contributed by atoms with van der Waals surface area (Å²) in [5.41, 5.74) is 16.7. The quantitative estimate of drug-likeness (QED) is 0.0514. The van der Waals surface area contributed by atoms with E-state index in [1.807, 2.05) is 0 Å². The summed E-state index contributed by atoms with van der Waals surface area (Å²) in [6, 6.07) is -5.42. The van der Waals surface area contributed by atoms with Crippen molar-refractivity contribution >= 4 is 35.6 Å². The summed E-state index contributed by atoms with van der Waals surface area (Å²) >= 11 is 0. The fourth-order valence-electron chi connectivity index (χ4n) is 3.15. The Morgan fingerprint density at radius 3 is 2.13 bits per heavy atom. The van der Waals surface area contributed by atoms with Gasteiger partial charge in [0.25, 0.3) is 0 Å². The van der Waals surface area contributed by atoms with Crippen molar-refractivity contribution < 1.29 is 39.3 Å². The van der Waals surface area contributed by atoms with Crippen LogP contribution in [-0.4, -0.2) is 97.7 Å². The van der Waals surface area contributed by atoms with Gasteiger partial charge in [-0.15, -0.1) is 0 Å². The zero-order valence-corrected chi connectivity index (χ0v) is 20.8. The van der Waals surface area contributed by atoms with Gasteiger partial charge in [-0.2, -0.15) is 0 Å². The maximum atomic E-state index is 13.2. The molecule has 1 aromatic heterocycles. The minimum absolute atomic E-state index is 0.0235. The van der Waals surface area contributed by atoms with Gasteiger partial charge >= 0.3 is 11.9 Å². The molecule has 1 aromatic rings. The van der Waals surface area contributed by atoms with E-state index in [1.54, 1.807) is 0 Å². The van der Waals surface area contributed by atoms with Crippen LogP contribution in [0.3, 0.4) is 0 Å². The largest absolute Gasteiger partial charge is 0.481 e. The molecule has 3 amide bonds. The number of carbonyl (C=O) groups is 5. The average molecular weight is 542 g/mol. The van der Waals surface area contributed by atoms with Gasteiger partial charge in [0, 0.05) is 31.3 Å². The summed E-state index contributed by atoms with van der Waals surface area (Å²) < 4.78 is 0. The molecule has 1 rings (SSSR count). The second kappa shape index (κ2) is 15.8. The molecule has 1 heterocycles. The number of imidazole rings is 1. The Morgan fingerprint density at radius 1 is 1.00 bits per heavy atom.